The normalized spacial score (nSPS) is 7.82. The van der Waals surface area contributed by atoms with Gasteiger partial charge in [-0.25, -0.2) is 0 Å². The van der Waals surface area contributed by atoms with Crippen LogP contribution < -0.4 is 0 Å². The molecule has 0 saturated carbocycles. The summed E-state index contributed by atoms with van der Waals surface area (Å²) in [5.74, 6) is 12.7. The summed E-state index contributed by atoms with van der Waals surface area (Å²) in [6.45, 7) is 0. The maximum absolute atomic E-state index is 10.2. The molecule has 0 aromatic rings. The smallest absolute Gasteiger partial charge is 0.303 e. The van der Waals surface area contributed by atoms with Crippen molar-refractivity contribution < 1.29 is 9.90 Å². The molecule has 0 heterocycles. The molecule has 0 bridgehead atoms. The van der Waals surface area contributed by atoms with E-state index in [9.17, 15) is 4.79 Å². The quantitative estimate of drug-likeness (QED) is 0.578. The largest absolute Gasteiger partial charge is 0.481 e. The topological polar surface area (TPSA) is 37.3 Å². The minimum Gasteiger partial charge on any atom is -0.481 e. The van der Waals surface area contributed by atoms with Crippen molar-refractivity contribution in [1.29, 1.82) is 0 Å². The molecule has 0 saturated heterocycles. The summed E-state index contributed by atoms with van der Waals surface area (Å²) in [6, 6.07) is 0. The molecule has 0 radical (unpaired) electrons. The van der Waals surface area contributed by atoms with Gasteiger partial charge in [-0.3, -0.25) is 4.79 Å². The third-order valence-corrected chi connectivity index (χ3v) is 2.21. The second-order valence-corrected chi connectivity index (χ2v) is 3.83. The second-order valence-electron chi connectivity index (χ2n) is 3.43. The molecule has 0 aliphatic carbocycles. The molecule has 1 N–H and O–H groups in total. The van der Waals surface area contributed by atoms with E-state index in [2.05, 4.69) is 50.4 Å². The van der Waals surface area contributed by atoms with Crippen LogP contribution in [0.25, 0.3) is 0 Å². The molecular weight excluding hydrogens is 280 g/mol. The van der Waals surface area contributed by atoms with Gasteiger partial charge < -0.3 is 5.11 Å². The first-order valence-electron chi connectivity index (χ1n) is 5.57. The van der Waals surface area contributed by atoms with Crippen LogP contribution in [0.3, 0.4) is 0 Å². The maximum Gasteiger partial charge on any atom is 0.303 e. The van der Waals surface area contributed by atoms with Crippen LogP contribution in [0.2, 0.25) is 0 Å². The van der Waals surface area contributed by atoms with Crippen LogP contribution in [0.4, 0.5) is 0 Å². The molecule has 0 amide bonds. The molecule has 0 aromatic carbocycles. The molecule has 0 atom stereocenters. The number of aliphatic carboxylic acids is 1. The van der Waals surface area contributed by atoms with E-state index in [1.165, 1.54) is 0 Å². The van der Waals surface area contributed by atoms with Crippen molar-refractivity contribution in [1.82, 2.24) is 0 Å². The molecule has 0 rings (SSSR count). The van der Waals surface area contributed by atoms with Gasteiger partial charge in [-0.05, 0) is 41.4 Å². The zero-order valence-corrected chi connectivity index (χ0v) is 11.3. The Kier molecular flexibility index (Phi) is 11.7. The van der Waals surface area contributed by atoms with Crippen LogP contribution in [0.5, 0.6) is 0 Å². The Hall–Kier alpha value is -1.37. The number of carboxylic acid groups (broad SMARTS) is 1. The molecule has 3 heteroatoms. The van der Waals surface area contributed by atoms with Crippen molar-refractivity contribution in [2.24, 2.45) is 0 Å². The Balaban J connectivity index is 3.31. The minimum absolute atomic E-state index is 0.282. The minimum atomic E-state index is -0.707. The summed E-state index contributed by atoms with van der Waals surface area (Å²) in [4.78, 5) is 12.7. The van der Waals surface area contributed by atoms with Crippen molar-refractivity contribution in [3.63, 3.8) is 0 Å². The Morgan fingerprint density at radius 2 is 1.59 bits per heavy atom. The van der Waals surface area contributed by atoms with Gasteiger partial charge in [-0.2, -0.15) is 0 Å². The van der Waals surface area contributed by atoms with Gasteiger partial charge in [-0.15, -0.1) is 0 Å². The van der Waals surface area contributed by atoms with Gasteiger partial charge >= 0.3 is 5.97 Å². The van der Waals surface area contributed by atoms with E-state index in [0.717, 1.165) is 38.5 Å². The fourth-order valence-corrected chi connectivity index (χ4v) is 1.31. The Labute approximate surface area is 111 Å². The van der Waals surface area contributed by atoms with Crippen molar-refractivity contribution in [2.45, 2.75) is 44.9 Å². The van der Waals surface area contributed by atoms with Crippen LogP contribution in [0.15, 0.2) is 0 Å². The highest BCUT2D eigenvalue weighted by atomic mass is 79.9. The highest BCUT2D eigenvalue weighted by Crippen LogP contribution is 2.06. The van der Waals surface area contributed by atoms with Gasteiger partial charge in [0.05, 0.1) is 0 Å². The number of carboxylic acids is 1. The third-order valence-electron chi connectivity index (χ3n) is 2.02. The Morgan fingerprint density at radius 1 is 0.941 bits per heavy atom. The van der Waals surface area contributed by atoms with Crippen LogP contribution >= 0.6 is 15.9 Å². The number of rotatable bonds is 7. The first-order chi connectivity index (χ1) is 8.27. The zero-order valence-electron chi connectivity index (χ0n) is 9.68. The standard InChI is InChI=1S/C14H15BrO2/c15-13-11-9-7-5-3-1-2-4-6-8-10-12-14(16)17/h1-2,4,6,8,10,12H2,(H,16,17). The molecule has 0 fully saturated rings. The highest BCUT2D eigenvalue weighted by Gasteiger charge is 1.95. The summed E-state index contributed by atoms with van der Waals surface area (Å²) >= 11 is 2.93. The van der Waals surface area contributed by atoms with Crippen molar-refractivity contribution in [2.75, 3.05) is 0 Å². The average Bonchev–Trinajstić information content (AvgIpc) is 2.30. The van der Waals surface area contributed by atoms with Crippen molar-refractivity contribution in [3.05, 3.63) is 0 Å². The maximum atomic E-state index is 10.2. The first-order valence-corrected chi connectivity index (χ1v) is 6.37. The zero-order chi connectivity index (χ0) is 12.8. The number of hydrogen-bond acceptors (Lipinski definition) is 1. The number of unbranched alkanes of at least 4 members (excludes halogenated alkanes) is 5. The highest BCUT2D eigenvalue weighted by molar-refractivity contribution is 9.12. The summed E-state index contributed by atoms with van der Waals surface area (Å²) in [7, 11) is 0. The van der Waals surface area contributed by atoms with Gasteiger partial charge in [-0.1, -0.05) is 25.2 Å². The molecule has 90 valence electrons. The van der Waals surface area contributed by atoms with E-state index in [1.54, 1.807) is 0 Å². The number of carbonyl (C=O) groups is 1. The lowest BCUT2D eigenvalue weighted by Crippen LogP contribution is -1.93. The number of halogens is 1. The first kappa shape index (κ1) is 15.6. The fourth-order valence-electron chi connectivity index (χ4n) is 1.21. The number of hydrogen-bond donors (Lipinski definition) is 1. The third kappa shape index (κ3) is 14.6. The lowest BCUT2D eigenvalue weighted by Gasteiger charge is -1.96. The molecule has 0 aliphatic heterocycles. The van der Waals surface area contributed by atoms with E-state index in [-0.39, 0.29) is 6.42 Å². The molecule has 0 aliphatic rings. The van der Waals surface area contributed by atoms with Crippen molar-refractivity contribution in [3.8, 4) is 34.4 Å². The van der Waals surface area contributed by atoms with Crippen molar-refractivity contribution >= 4 is 21.9 Å². The lowest BCUT2D eigenvalue weighted by atomic mass is 10.1. The van der Waals surface area contributed by atoms with Crippen LogP contribution in [0, 0.1) is 34.4 Å². The molecule has 0 spiro atoms. The van der Waals surface area contributed by atoms with E-state index >= 15 is 0 Å². The van der Waals surface area contributed by atoms with E-state index < -0.39 is 5.97 Å². The summed E-state index contributed by atoms with van der Waals surface area (Å²) in [6.07, 6.45) is 6.11. The molecule has 0 aromatic heterocycles. The Bertz CT molecular complexity index is 393. The predicted octanol–water partition coefficient (Wildman–Crippen LogP) is 3.16. The van der Waals surface area contributed by atoms with Gasteiger partial charge in [0.1, 0.15) is 0 Å². The van der Waals surface area contributed by atoms with Gasteiger partial charge in [0.2, 0.25) is 0 Å². The molecule has 2 nitrogen and oxygen atoms in total. The second kappa shape index (κ2) is 12.7. The van der Waals surface area contributed by atoms with Gasteiger partial charge in [0.25, 0.3) is 0 Å². The molecule has 17 heavy (non-hydrogen) atoms. The van der Waals surface area contributed by atoms with E-state index in [0.29, 0.717) is 0 Å². The van der Waals surface area contributed by atoms with E-state index in [1.807, 2.05) is 0 Å². The van der Waals surface area contributed by atoms with Crippen LogP contribution in [-0.2, 0) is 4.79 Å². The summed E-state index contributed by atoms with van der Waals surface area (Å²) in [5, 5.41) is 8.43. The van der Waals surface area contributed by atoms with Gasteiger partial charge in [0, 0.05) is 28.8 Å². The summed E-state index contributed by atoms with van der Waals surface area (Å²) in [5.41, 5.74) is 0. The Morgan fingerprint density at radius 3 is 2.29 bits per heavy atom. The van der Waals surface area contributed by atoms with Gasteiger partial charge in [0.15, 0.2) is 0 Å². The molecule has 0 unspecified atom stereocenters. The average molecular weight is 295 g/mol. The van der Waals surface area contributed by atoms with Crippen LogP contribution in [-0.4, -0.2) is 11.1 Å². The van der Waals surface area contributed by atoms with Crippen LogP contribution in [0.1, 0.15) is 44.9 Å². The summed E-state index contributed by atoms with van der Waals surface area (Å²) < 4.78 is 0. The van der Waals surface area contributed by atoms with E-state index in [4.69, 9.17) is 5.11 Å². The molecular formula is C14H15BrO2. The lowest BCUT2D eigenvalue weighted by molar-refractivity contribution is -0.137. The SMILES string of the molecule is O=C(O)CCCCCCCC#CC#CC#CBr. The fraction of sp³-hybridized carbons (Fsp3) is 0.500. The monoisotopic (exact) mass is 294 g/mol. The predicted molar refractivity (Wildman–Crippen MR) is 72.2 cm³/mol.